The number of hydrogen-bond donors (Lipinski definition) is 0. The molecule has 0 aliphatic carbocycles. The summed E-state index contributed by atoms with van der Waals surface area (Å²) in [5.74, 6) is -4.13. The Bertz CT molecular complexity index is 1820. The summed E-state index contributed by atoms with van der Waals surface area (Å²) in [6.07, 6.45) is 6.37. The van der Waals surface area contributed by atoms with Gasteiger partial charge in [-0.2, -0.15) is 5.10 Å². The number of halogens is 3. The predicted molar refractivity (Wildman–Crippen MR) is 133 cm³/mol. The van der Waals surface area contributed by atoms with Crippen LogP contribution < -0.4 is 16.1 Å². The molecule has 3 aromatic heterocycles. The van der Waals surface area contributed by atoms with Gasteiger partial charge in [-0.1, -0.05) is 0 Å². The monoisotopic (exact) mass is 522 g/mol. The number of fused-ring (bicyclic) bond motifs is 3. The minimum Gasteiger partial charge on any atom is -0.370 e. The van der Waals surface area contributed by atoms with E-state index in [0.717, 1.165) is 42.6 Å². The van der Waals surface area contributed by atoms with Gasteiger partial charge in [0.1, 0.15) is 17.4 Å². The van der Waals surface area contributed by atoms with E-state index in [1.807, 2.05) is 0 Å². The molecule has 5 aromatic rings. The first-order valence-corrected chi connectivity index (χ1v) is 12.0. The van der Waals surface area contributed by atoms with Crippen molar-refractivity contribution in [3.63, 3.8) is 0 Å². The Labute approximate surface area is 212 Å². The highest BCUT2D eigenvalue weighted by Gasteiger charge is 2.24. The van der Waals surface area contributed by atoms with Crippen molar-refractivity contribution >= 4 is 27.6 Å². The lowest BCUT2D eigenvalue weighted by molar-refractivity contribution is 0.444. The lowest BCUT2D eigenvalue weighted by Crippen LogP contribution is -2.41. The average molecular weight is 522 g/mol. The second kappa shape index (κ2) is 9.08. The lowest BCUT2D eigenvalue weighted by Gasteiger charge is -2.22. The molecule has 13 heteroatoms. The van der Waals surface area contributed by atoms with Gasteiger partial charge >= 0.3 is 5.69 Å². The Kier molecular flexibility index (Phi) is 5.69. The standard InChI is InChI=1S/C25H21F3N8O2/c1-33-13-31-19(32-33)12-36-24(37)20-17(35(25(36)38)11-14-8-15(26)21(28)16(27)9-14)10-18(34-6-2-3-7-34)22-23(20)30-5-4-29-22/h4-5,8-10,13H,2-3,6-7,11-12H2,1H3. The molecule has 0 N–H and O–H groups in total. The van der Waals surface area contributed by atoms with E-state index in [4.69, 9.17) is 0 Å². The quantitative estimate of drug-likeness (QED) is 0.258. The first kappa shape index (κ1) is 23.8. The first-order chi connectivity index (χ1) is 18.3. The molecule has 0 radical (unpaired) electrons. The summed E-state index contributed by atoms with van der Waals surface area (Å²) in [4.78, 5) is 42.7. The zero-order valence-corrected chi connectivity index (χ0v) is 20.2. The van der Waals surface area contributed by atoms with Gasteiger partial charge in [0.2, 0.25) is 0 Å². The van der Waals surface area contributed by atoms with E-state index in [9.17, 15) is 22.8 Å². The molecule has 194 valence electrons. The SMILES string of the molecule is Cn1cnc(Cn2c(=O)c3c4nccnc4c(N4CCCC4)cc3n(Cc3cc(F)c(F)c(F)c3)c2=O)n1. The predicted octanol–water partition coefficient (Wildman–Crippen LogP) is 2.35. The van der Waals surface area contributed by atoms with E-state index >= 15 is 0 Å². The molecule has 0 spiro atoms. The van der Waals surface area contributed by atoms with Gasteiger partial charge in [0.25, 0.3) is 5.56 Å². The van der Waals surface area contributed by atoms with Crippen molar-refractivity contribution in [2.24, 2.45) is 7.05 Å². The maximum Gasteiger partial charge on any atom is 0.332 e. The van der Waals surface area contributed by atoms with Crippen LogP contribution in [0, 0.1) is 17.5 Å². The van der Waals surface area contributed by atoms with Gasteiger partial charge in [-0.25, -0.2) is 22.9 Å². The van der Waals surface area contributed by atoms with Gasteiger partial charge in [0, 0.05) is 32.5 Å². The highest BCUT2D eigenvalue weighted by atomic mass is 19.2. The van der Waals surface area contributed by atoms with E-state index in [2.05, 4.69) is 25.0 Å². The molecule has 0 amide bonds. The van der Waals surface area contributed by atoms with Crippen LogP contribution >= 0.6 is 0 Å². The molecule has 1 aliphatic rings. The van der Waals surface area contributed by atoms with Crippen molar-refractivity contribution in [1.29, 1.82) is 0 Å². The van der Waals surface area contributed by atoms with Gasteiger partial charge in [0.05, 0.1) is 29.7 Å². The first-order valence-electron chi connectivity index (χ1n) is 12.0. The number of benzene rings is 2. The van der Waals surface area contributed by atoms with Crippen LogP contribution in [0.2, 0.25) is 0 Å². The topological polar surface area (TPSA) is 104 Å². The molecular weight excluding hydrogens is 501 g/mol. The van der Waals surface area contributed by atoms with Gasteiger partial charge in [-0.15, -0.1) is 0 Å². The summed E-state index contributed by atoms with van der Waals surface area (Å²) in [7, 11) is 1.65. The molecule has 4 heterocycles. The zero-order chi connectivity index (χ0) is 26.6. The highest BCUT2D eigenvalue weighted by molar-refractivity contribution is 6.08. The van der Waals surface area contributed by atoms with Crippen LogP contribution in [-0.4, -0.2) is 47.0 Å². The van der Waals surface area contributed by atoms with Crippen molar-refractivity contribution in [2.45, 2.75) is 25.9 Å². The minimum absolute atomic E-state index is 0.00734. The smallest absolute Gasteiger partial charge is 0.332 e. The Balaban J connectivity index is 1.67. The summed E-state index contributed by atoms with van der Waals surface area (Å²) in [5, 5.41) is 4.29. The average Bonchev–Trinajstić information content (AvgIpc) is 3.58. The third-order valence-corrected chi connectivity index (χ3v) is 6.70. The van der Waals surface area contributed by atoms with Crippen LogP contribution in [0.4, 0.5) is 18.9 Å². The fraction of sp³-hybridized carbons (Fsp3) is 0.280. The van der Waals surface area contributed by atoms with Crippen molar-refractivity contribution < 1.29 is 13.2 Å². The van der Waals surface area contributed by atoms with Crippen LogP contribution in [0.15, 0.2) is 46.5 Å². The fourth-order valence-electron chi connectivity index (χ4n) is 4.97. The summed E-state index contributed by atoms with van der Waals surface area (Å²) >= 11 is 0. The largest absolute Gasteiger partial charge is 0.370 e. The molecule has 1 aliphatic heterocycles. The van der Waals surface area contributed by atoms with Crippen LogP contribution in [0.3, 0.4) is 0 Å². The number of aryl methyl sites for hydroxylation is 1. The van der Waals surface area contributed by atoms with Crippen molar-refractivity contribution in [3.05, 3.63) is 86.6 Å². The number of rotatable bonds is 5. The summed E-state index contributed by atoms with van der Waals surface area (Å²) < 4.78 is 45.4. The second-order valence-corrected chi connectivity index (χ2v) is 9.21. The number of aromatic nitrogens is 7. The van der Waals surface area contributed by atoms with Crippen LogP contribution in [0.25, 0.3) is 21.9 Å². The number of hydrogen-bond acceptors (Lipinski definition) is 7. The maximum atomic E-state index is 14.1. The summed E-state index contributed by atoms with van der Waals surface area (Å²) in [6.45, 7) is 0.956. The number of nitrogens with zero attached hydrogens (tertiary/aromatic N) is 8. The molecule has 0 unspecified atom stereocenters. The van der Waals surface area contributed by atoms with E-state index in [-0.39, 0.29) is 35.4 Å². The van der Waals surface area contributed by atoms with E-state index in [1.165, 1.54) is 28.0 Å². The van der Waals surface area contributed by atoms with E-state index < -0.39 is 28.7 Å². The molecule has 2 aromatic carbocycles. The maximum absolute atomic E-state index is 14.1. The zero-order valence-electron chi connectivity index (χ0n) is 20.2. The summed E-state index contributed by atoms with van der Waals surface area (Å²) in [5.41, 5.74) is 0.374. The molecule has 1 fully saturated rings. The molecule has 10 nitrogen and oxygen atoms in total. The molecule has 0 saturated carbocycles. The van der Waals surface area contributed by atoms with Crippen molar-refractivity contribution in [1.82, 2.24) is 33.9 Å². The van der Waals surface area contributed by atoms with E-state index in [1.54, 1.807) is 13.1 Å². The van der Waals surface area contributed by atoms with Crippen molar-refractivity contribution in [3.8, 4) is 0 Å². The van der Waals surface area contributed by atoms with Gasteiger partial charge in [0.15, 0.2) is 23.3 Å². The fourth-order valence-corrected chi connectivity index (χ4v) is 4.97. The highest BCUT2D eigenvalue weighted by Crippen LogP contribution is 2.32. The van der Waals surface area contributed by atoms with Gasteiger partial charge in [-0.05, 0) is 36.6 Å². The normalized spacial score (nSPS) is 13.7. The van der Waals surface area contributed by atoms with Crippen LogP contribution in [-0.2, 0) is 20.1 Å². The Morgan fingerprint density at radius 3 is 2.21 bits per heavy atom. The molecule has 0 bridgehead atoms. The number of anilines is 1. The molecule has 38 heavy (non-hydrogen) atoms. The van der Waals surface area contributed by atoms with E-state index in [0.29, 0.717) is 16.7 Å². The summed E-state index contributed by atoms with van der Waals surface area (Å²) in [6, 6.07) is 3.35. The van der Waals surface area contributed by atoms with Gasteiger partial charge in [-0.3, -0.25) is 28.6 Å². The molecule has 1 saturated heterocycles. The Hall–Kier alpha value is -4.55. The van der Waals surface area contributed by atoms with Crippen molar-refractivity contribution in [2.75, 3.05) is 18.0 Å². The van der Waals surface area contributed by atoms with Crippen LogP contribution in [0.5, 0.6) is 0 Å². The molecular formula is C25H21F3N8O2. The Morgan fingerprint density at radius 2 is 1.55 bits per heavy atom. The Morgan fingerprint density at radius 1 is 0.868 bits per heavy atom. The lowest BCUT2D eigenvalue weighted by atomic mass is 10.1. The van der Waals surface area contributed by atoms with Gasteiger partial charge < -0.3 is 4.90 Å². The van der Waals surface area contributed by atoms with Crippen LogP contribution in [0.1, 0.15) is 24.2 Å². The third kappa shape index (κ3) is 3.90. The molecule has 0 atom stereocenters. The minimum atomic E-state index is -1.60. The third-order valence-electron chi connectivity index (χ3n) is 6.70. The molecule has 6 rings (SSSR count). The second-order valence-electron chi connectivity index (χ2n) is 9.21.